The molecule has 2 aromatic carbocycles. The second kappa shape index (κ2) is 9.73. The van der Waals surface area contributed by atoms with Gasteiger partial charge in [-0.15, -0.1) is 0 Å². The number of carbonyl (C=O) groups excluding carboxylic acids is 1. The van der Waals surface area contributed by atoms with E-state index in [-0.39, 0.29) is 29.2 Å². The van der Waals surface area contributed by atoms with Crippen molar-refractivity contribution in [1.29, 1.82) is 0 Å². The molecule has 30 heavy (non-hydrogen) atoms. The molecule has 2 aromatic rings. The summed E-state index contributed by atoms with van der Waals surface area (Å²) < 4.78 is 29.7. The predicted octanol–water partition coefficient (Wildman–Crippen LogP) is 4.73. The highest BCUT2D eigenvalue weighted by atomic mass is 31.2. The molecule has 0 saturated carbocycles. The van der Waals surface area contributed by atoms with Crippen molar-refractivity contribution < 1.29 is 28.1 Å². The first kappa shape index (κ1) is 23.4. The maximum absolute atomic E-state index is 13.4. The SMILES string of the molecule is C[C@@H](NP(=O)(Oc1ccccc1)Oc1ccc([N+](=O)[O-])cc1)C(=O)OCC(C)(C)C. The molecule has 0 aromatic heterocycles. The van der Waals surface area contributed by atoms with Gasteiger partial charge in [0.15, 0.2) is 0 Å². The number of benzene rings is 2. The van der Waals surface area contributed by atoms with Crippen molar-refractivity contribution in [1.82, 2.24) is 5.09 Å². The van der Waals surface area contributed by atoms with Gasteiger partial charge in [0.05, 0.1) is 11.5 Å². The number of nitrogens with zero attached hydrogens (tertiary/aromatic N) is 1. The molecular weight excluding hydrogens is 411 g/mol. The van der Waals surface area contributed by atoms with E-state index in [0.717, 1.165) is 0 Å². The molecule has 0 aliphatic rings. The van der Waals surface area contributed by atoms with E-state index in [2.05, 4.69) is 5.09 Å². The molecule has 1 N–H and O–H groups in total. The second-order valence-electron chi connectivity index (χ2n) is 7.76. The van der Waals surface area contributed by atoms with E-state index in [1.165, 1.54) is 31.2 Å². The van der Waals surface area contributed by atoms with Gasteiger partial charge in [-0.25, -0.2) is 4.57 Å². The molecule has 1 unspecified atom stereocenters. The Bertz CT molecular complexity index is 911. The first-order chi connectivity index (χ1) is 14.0. The standard InChI is InChI=1S/C20H25N2O7P/c1-15(19(23)27-14-20(2,3)4)21-30(26,28-17-8-6-5-7-9-17)29-18-12-10-16(11-13-18)22(24)25/h5-13,15H,14H2,1-4H3,(H,21,26)/t15-,30?/m1/s1. The van der Waals surface area contributed by atoms with Crippen LogP contribution in [0.15, 0.2) is 54.6 Å². The lowest BCUT2D eigenvalue weighted by Crippen LogP contribution is -2.37. The summed E-state index contributed by atoms with van der Waals surface area (Å²) in [6.07, 6.45) is 0. The van der Waals surface area contributed by atoms with Gasteiger partial charge in [-0.2, -0.15) is 5.09 Å². The fourth-order valence-corrected chi connectivity index (χ4v) is 3.68. The van der Waals surface area contributed by atoms with Crippen LogP contribution in [0.25, 0.3) is 0 Å². The second-order valence-corrected chi connectivity index (χ2v) is 9.38. The van der Waals surface area contributed by atoms with Crippen LogP contribution in [-0.4, -0.2) is 23.5 Å². The summed E-state index contributed by atoms with van der Waals surface area (Å²) in [7, 11) is -4.10. The molecule has 0 amide bonds. The molecule has 0 heterocycles. The Morgan fingerprint density at radius 2 is 1.60 bits per heavy atom. The third-order valence-electron chi connectivity index (χ3n) is 3.59. The summed E-state index contributed by atoms with van der Waals surface area (Å²) in [4.78, 5) is 22.6. The van der Waals surface area contributed by atoms with E-state index in [1.54, 1.807) is 30.3 Å². The van der Waals surface area contributed by atoms with Crippen molar-refractivity contribution in [3.8, 4) is 11.5 Å². The number of hydrogen-bond donors (Lipinski definition) is 1. The van der Waals surface area contributed by atoms with Crippen molar-refractivity contribution in [2.75, 3.05) is 6.61 Å². The Hall–Kier alpha value is -2.90. The zero-order valence-corrected chi connectivity index (χ0v) is 18.1. The van der Waals surface area contributed by atoms with Gasteiger partial charge in [0, 0.05) is 12.1 Å². The van der Waals surface area contributed by atoms with Gasteiger partial charge in [0.2, 0.25) is 0 Å². The number of rotatable bonds is 9. The minimum atomic E-state index is -4.10. The monoisotopic (exact) mass is 436 g/mol. The zero-order valence-electron chi connectivity index (χ0n) is 17.2. The third kappa shape index (κ3) is 7.50. The summed E-state index contributed by atoms with van der Waals surface area (Å²) in [5.41, 5.74) is -0.372. The minimum Gasteiger partial charge on any atom is -0.464 e. The van der Waals surface area contributed by atoms with E-state index >= 15 is 0 Å². The fraction of sp³-hybridized carbons (Fsp3) is 0.350. The third-order valence-corrected chi connectivity index (χ3v) is 5.20. The molecule has 0 bridgehead atoms. The highest BCUT2D eigenvalue weighted by Gasteiger charge is 2.34. The number of ether oxygens (including phenoxy) is 1. The van der Waals surface area contributed by atoms with Gasteiger partial charge < -0.3 is 13.8 Å². The van der Waals surface area contributed by atoms with Crippen LogP contribution in [0.1, 0.15) is 27.7 Å². The number of hydrogen-bond acceptors (Lipinski definition) is 7. The van der Waals surface area contributed by atoms with Gasteiger partial charge in [0.1, 0.15) is 17.5 Å². The molecule has 2 rings (SSSR count). The Kier molecular flexibility index (Phi) is 7.59. The minimum absolute atomic E-state index is 0.0719. The van der Waals surface area contributed by atoms with Crippen molar-refractivity contribution in [3.63, 3.8) is 0 Å². The van der Waals surface area contributed by atoms with Crippen molar-refractivity contribution in [2.24, 2.45) is 5.41 Å². The number of nitro groups is 1. The first-order valence-electron chi connectivity index (χ1n) is 9.21. The average molecular weight is 436 g/mol. The molecule has 0 fully saturated rings. The molecule has 0 aliphatic heterocycles. The molecular formula is C20H25N2O7P. The number of esters is 1. The van der Waals surface area contributed by atoms with Crippen LogP contribution in [0.5, 0.6) is 11.5 Å². The molecule has 10 heteroatoms. The van der Waals surface area contributed by atoms with Gasteiger partial charge in [-0.05, 0) is 36.6 Å². The lowest BCUT2D eigenvalue weighted by atomic mass is 9.99. The van der Waals surface area contributed by atoms with Crippen LogP contribution in [0.2, 0.25) is 0 Å². The molecule has 2 atom stereocenters. The first-order valence-corrected chi connectivity index (χ1v) is 10.7. The topological polar surface area (TPSA) is 117 Å². The number of para-hydroxylation sites is 1. The van der Waals surface area contributed by atoms with E-state index in [0.29, 0.717) is 0 Å². The number of non-ortho nitro benzene ring substituents is 1. The number of carbonyl (C=O) groups is 1. The van der Waals surface area contributed by atoms with Crippen LogP contribution >= 0.6 is 7.75 Å². The number of nitrogens with one attached hydrogen (secondary N) is 1. The smallest absolute Gasteiger partial charge is 0.464 e. The molecule has 0 radical (unpaired) electrons. The molecule has 0 saturated heterocycles. The lowest BCUT2D eigenvalue weighted by Gasteiger charge is -2.24. The highest BCUT2D eigenvalue weighted by molar-refractivity contribution is 7.52. The van der Waals surface area contributed by atoms with Crippen molar-refractivity contribution in [2.45, 2.75) is 33.7 Å². The molecule has 0 aliphatic carbocycles. The summed E-state index contributed by atoms with van der Waals surface area (Å²) in [6.45, 7) is 7.41. The quantitative estimate of drug-likeness (QED) is 0.260. The van der Waals surface area contributed by atoms with Crippen molar-refractivity contribution >= 4 is 19.4 Å². The fourth-order valence-electron chi connectivity index (χ4n) is 2.16. The van der Waals surface area contributed by atoms with Crippen LogP contribution in [-0.2, 0) is 14.1 Å². The Balaban J connectivity index is 2.19. The van der Waals surface area contributed by atoms with Gasteiger partial charge in [-0.3, -0.25) is 14.9 Å². The van der Waals surface area contributed by atoms with Crippen LogP contribution in [0, 0.1) is 15.5 Å². The van der Waals surface area contributed by atoms with E-state index < -0.39 is 24.7 Å². The van der Waals surface area contributed by atoms with Crippen molar-refractivity contribution in [3.05, 3.63) is 64.7 Å². The van der Waals surface area contributed by atoms with Gasteiger partial charge in [0.25, 0.3) is 5.69 Å². The molecule has 162 valence electrons. The largest absolute Gasteiger partial charge is 0.513 e. The Morgan fingerprint density at radius 3 is 2.10 bits per heavy atom. The molecule has 0 spiro atoms. The summed E-state index contributed by atoms with van der Waals surface area (Å²) in [5, 5.41) is 13.4. The summed E-state index contributed by atoms with van der Waals surface area (Å²) >= 11 is 0. The highest BCUT2D eigenvalue weighted by Crippen LogP contribution is 2.45. The average Bonchev–Trinajstić information content (AvgIpc) is 2.66. The van der Waals surface area contributed by atoms with Gasteiger partial charge in [-0.1, -0.05) is 39.0 Å². The van der Waals surface area contributed by atoms with Gasteiger partial charge >= 0.3 is 13.7 Å². The zero-order chi connectivity index (χ0) is 22.4. The van der Waals surface area contributed by atoms with E-state index in [1.807, 2.05) is 20.8 Å². The summed E-state index contributed by atoms with van der Waals surface area (Å²) in [6, 6.07) is 12.3. The predicted molar refractivity (Wildman–Crippen MR) is 111 cm³/mol. The van der Waals surface area contributed by atoms with E-state index in [9.17, 15) is 19.5 Å². The Labute approximate surface area is 175 Å². The van der Waals surface area contributed by atoms with Crippen LogP contribution < -0.4 is 14.1 Å². The van der Waals surface area contributed by atoms with E-state index in [4.69, 9.17) is 13.8 Å². The Morgan fingerprint density at radius 1 is 1.07 bits per heavy atom. The number of nitro benzene ring substituents is 1. The summed E-state index contributed by atoms with van der Waals surface area (Å²) in [5.74, 6) is -0.290. The van der Waals surface area contributed by atoms with Crippen LogP contribution in [0.4, 0.5) is 5.69 Å². The maximum Gasteiger partial charge on any atom is 0.513 e. The normalized spacial score (nSPS) is 14.3. The maximum atomic E-state index is 13.4. The lowest BCUT2D eigenvalue weighted by molar-refractivity contribution is -0.384. The van der Waals surface area contributed by atoms with Crippen LogP contribution in [0.3, 0.4) is 0 Å². The molecule has 9 nitrogen and oxygen atoms in total.